The van der Waals surface area contributed by atoms with Gasteiger partial charge in [-0.25, -0.2) is 0 Å². The highest BCUT2D eigenvalue weighted by Crippen LogP contribution is 2.23. The van der Waals surface area contributed by atoms with E-state index in [1.807, 2.05) is 0 Å². The van der Waals surface area contributed by atoms with Crippen molar-refractivity contribution in [1.29, 1.82) is 0 Å². The molecule has 0 aliphatic carbocycles. The average molecular weight is 409 g/mol. The molecule has 0 spiro atoms. The van der Waals surface area contributed by atoms with E-state index in [1.165, 1.54) is 70.6 Å². The summed E-state index contributed by atoms with van der Waals surface area (Å²) in [5.74, 6) is 0.0703. The summed E-state index contributed by atoms with van der Waals surface area (Å²) in [7, 11) is 9.11. The van der Waals surface area contributed by atoms with Crippen LogP contribution in [0.3, 0.4) is 0 Å². The van der Waals surface area contributed by atoms with Crippen molar-refractivity contribution in [3.05, 3.63) is 0 Å². The molecule has 168 valence electrons. The third-order valence-corrected chi connectivity index (χ3v) is 5.90. The molecule has 0 aromatic rings. The summed E-state index contributed by atoms with van der Waals surface area (Å²) < 4.78 is 16.4. The molecule has 6 heteroatoms. The van der Waals surface area contributed by atoms with Gasteiger partial charge in [-0.1, -0.05) is 84.0 Å². The van der Waals surface area contributed by atoms with Gasteiger partial charge in [-0.15, -0.1) is 0 Å². The summed E-state index contributed by atoms with van der Waals surface area (Å²) >= 11 is 0. The van der Waals surface area contributed by atoms with Gasteiger partial charge in [0.2, 0.25) is 5.91 Å². The van der Waals surface area contributed by atoms with Gasteiger partial charge in [0.1, 0.15) is 26.2 Å². The molecule has 0 aromatic heterocycles. The maximum Gasteiger partial charge on any atom is 0.220 e. The van der Waals surface area contributed by atoms with Crippen LogP contribution in [0.25, 0.3) is 0 Å². The highest BCUT2D eigenvalue weighted by Gasteiger charge is 2.42. The molecule has 1 unspecified atom stereocenters. The van der Waals surface area contributed by atoms with Crippen LogP contribution in [0, 0.1) is 0 Å². The maximum atomic E-state index is 12.1. The first-order chi connectivity index (χ1) is 14.1. The van der Waals surface area contributed by atoms with Crippen molar-refractivity contribution >= 4 is 13.8 Å². The number of hydrogen-bond donors (Lipinski definition) is 1. The zero-order chi connectivity index (χ0) is 21.3. The Kier molecular flexibility index (Phi) is 15.6. The van der Waals surface area contributed by atoms with Crippen molar-refractivity contribution in [2.45, 2.75) is 121 Å². The lowest BCUT2D eigenvalue weighted by Gasteiger charge is -2.21. The average Bonchev–Trinajstić information content (AvgIpc) is 3.04. The second-order valence-corrected chi connectivity index (χ2v) is 8.34. The minimum Gasteiger partial charge on any atom is -0.377 e. The minimum absolute atomic E-state index is 0.0703. The Bertz CT molecular complexity index is 410. The fourth-order valence-corrected chi connectivity index (χ4v) is 4.08. The number of nitrogens with one attached hydrogen (secondary N) is 1. The van der Waals surface area contributed by atoms with E-state index in [9.17, 15) is 4.79 Å². The van der Waals surface area contributed by atoms with E-state index < -0.39 is 6.00 Å². The van der Waals surface area contributed by atoms with Crippen LogP contribution in [-0.2, 0) is 19.0 Å². The largest absolute Gasteiger partial charge is 0.377 e. The molecule has 1 aliphatic heterocycles. The Hall–Kier alpha value is -0.585. The summed E-state index contributed by atoms with van der Waals surface area (Å²) in [6.07, 6.45) is 16.8. The predicted octanol–water partition coefficient (Wildman–Crippen LogP) is 4.51. The number of ether oxygens (including phenoxy) is 3. The van der Waals surface area contributed by atoms with Crippen molar-refractivity contribution in [2.75, 3.05) is 20.8 Å². The summed E-state index contributed by atoms with van der Waals surface area (Å²) in [5.41, 5.74) is 0. The Morgan fingerprint density at radius 3 is 1.79 bits per heavy atom. The molecular weight excluding hydrogens is 365 g/mol. The van der Waals surface area contributed by atoms with Crippen LogP contribution in [0.2, 0.25) is 0 Å². The molecule has 1 amide bonds. The second kappa shape index (κ2) is 17.1. The van der Waals surface area contributed by atoms with E-state index >= 15 is 0 Å². The second-order valence-electron chi connectivity index (χ2n) is 8.34. The highest BCUT2D eigenvalue weighted by molar-refractivity contribution is 6.11. The molecule has 0 saturated carbocycles. The number of rotatable bonds is 18. The molecule has 0 bridgehead atoms. The molecule has 29 heavy (non-hydrogen) atoms. The van der Waals surface area contributed by atoms with Crippen LogP contribution >= 0.6 is 0 Å². The lowest BCUT2D eigenvalue weighted by atomic mass is 9.93. The lowest BCUT2D eigenvalue weighted by Crippen LogP contribution is -2.41. The van der Waals surface area contributed by atoms with E-state index in [-0.39, 0.29) is 24.2 Å². The minimum atomic E-state index is -0.520. The Balaban J connectivity index is 1.93. The SMILES string of the molecule is [B][C@@H]1O[C@H](CNC(=O)CCCCCCCCCCCCCCC)[C@H](OC)C1OC. The zero-order valence-corrected chi connectivity index (χ0v) is 19.1. The van der Waals surface area contributed by atoms with Gasteiger partial charge in [0.15, 0.2) is 0 Å². The molecule has 0 aromatic carbocycles. The maximum absolute atomic E-state index is 12.1. The van der Waals surface area contributed by atoms with E-state index in [0.29, 0.717) is 13.0 Å². The third kappa shape index (κ3) is 11.4. The number of methoxy groups -OCH3 is 2. The van der Waals surface area contributed by atoms with Crippen molar-refractivity contribution in [1.82, 2.24) is 5.32 Å². The molecule has 1 rings (SSSR count). The van der Waals surface area contributed by atoms with E-state index in [4.69, 9.17) is 22.1 Å². The van der Waals surface area contributed by atoms with Crippen molar-refractivity contribution in [3.63, 3.8) is 0 Å². The van der Waals surface area contributed by atoms with Gasteiger partial charge in [-0.05, 0) is 6.42 Å². The fourth-order valence-electron chi connectivity index (χ4n) is 4.08. The van der Waals surface area contributed by atoms with Gasteiger partial charge in [0, 0.05) is 33.2 Å². The first kappa shape index (κ1) is 26.5. The summed E-state index contributed by atoms with van der Waals surface area (Å²) in [6.45, 7) is 2.67. The number of hydrogen-bond acceptors (Lipinski definition) is 4. The lowest BCUT2D eigenvalue weighted by molar-refractivity contribution is -0.122. The van der Waals surface area contributed by atoms with Crippen LogP contribution in [0.4, 0.5) is 0 Å². The Morgan fingerprint density at radius 1 is 0.828 bits per heavy atom. The van der Waals surface area contributed by atoms with Crippen molar-refractivity contribution in [2.24, 2.45) is 0 Å². The molecular formula is C23H44BNO4. The number of amides is 1. The van der Waals surface area contributed by atoms with E-state index in [2.05, 4.69) is 12.2 Å². The first-order valence-corrected chi connectivity index (χ1v) is 11.9. The summed E-state index contributed by atoms with van der Waals surface area (Å²) in [6, 6.07) is -0.520. The smallest absolute Gasteiger partial charge is 0.220 e. The number of carbonyl (C=O) groups is 1. The first-order valence-electron chi connectivity index (χ1n) is 11.9. The van der Waals surface area contributed by atoms with Crippen LogP contribution in [0.5, 0.6) is 0 Å². The van der Waals surface area contributed by atoms with Crippen molar-refractivity contribution in [3.8, 4) is 0 Å². The molecule has 1 saturated heterocycles. The highest BCUT2D eigenvalue weighted by atomic mass is 16.6. The quantitative estimate of drug-likeness (QED) is 0.267. The number of carbonyl (C=O) groups excluding carboxylic acids is 1. The Morgan fingerprint density at radius 2 is 1.31 bits per heavy atom. The summed E-state index contributed by atoms with van der Waals surface area (Å²) in [4.78, 5) is 12.1. The molecule has 2 radical (unpaired) electrons. The predicted molar refractivity (Wildman–Crippen MR) is 119 cm³/mol. The normalized spacial score (nSPS) is 24.1. The van der Waals surface area contributed by atoms with Gasteiger partial charge < -0.3 is 19.5 Å². The molecule has 5 nitrogen and oxygen atoms in total. The molecule has 1 N–H and O–H groups in total. The van der Waals surface area contributed by atoms with Crippen LogP contribution in [0.1, 0.15) is 96.8 Å². The van der Waals surface area contributed by atoms with Crippen LogP contribution in [0.15, 0.2) is 0 Å². The topological polar surface area (TPSA) is 56.8 Å². The monoisotopic (exact) mass is 409 g/mol. The van der Waals surface area contributed by atoms with E-state index in [0.717, 1.165) is 12.8 Å². The molecule has 4 atom stereocenters. The van der Waals surface area contributed by atoms with Gasteiger partial charge in [-0.2, -0.15) is 0 Å². The van der Waals surface area contributed by atoms with Gasteiger partial charge in [0.05, 0.1) is 0 Å². The number of unbranched alkanes of at least 4 members (excludes halogenated alkanes) is 12. The molecule has 1 heterocycles. The standard InChI is InChI=1S/C23H44BNO4/c1-4-5-6-7-8-9-10-11-12-13-14-15-16-17-20(26)25-18-19-21(27-2)22(28-3)23(24)29-19/h19,21-23H,4-18H2,1-3H3,(H,25,26)/t19-,21+,22?,23-/m1/s1. The molecule has 1 aliphatic rings. The van der Waals surface area contributed by atoms with Gasteiger partial charge in [-0.3, -0.25) is 4.79 Å². The fraction of sp³-hybridized carbons (Fsp3) is 0.957. The Labute approximate surface area is 180 Å². The van der Waals surface area contributed by atoms with E-state index in [1.54, 1.807) is 14.2 Å². The van der Waals surface area contributed by atoms with Gasteiger partial charge in [0.25, 0.3) is 0 Å². The van der Waals surface area contributed by atoms with Crippen molar-refractivity contribution < 1.29 is 19.0 Å². The zero-order valence-electron chi connectivity index (χ0n) is 19.1. The van der Waals surface area contributed by atoms with Crippen LogP contribution < -0.4 is 5.32 Å². The van der Waals surface area contributed by atoms with Gasteiger partial charge >= 0.3 is 0 Å². The van der Waals surface area contributed by atoms with Crippen LogP contribution in [-0.4, -0.2) is 58.8 Å². The third-order valence-electron chi connectivity index (χ3n) is 5.90. The molecule has 1 fully saturated rings. The summed E-state index contributed by atoms with van der Waals surface area (Å²) in [5, 5.41) is 2.94.